The van der Waals surface area contributed by atoms with E-state index in [2.05, 4.69) is 243 Å². The van der Waals surface area contributed by atoms with Crippen molar-refractivity contribution in [1.29, 1.82) is 0 Å². The summed E-state index contributed by atoms with van der Waals surface area (Å²) in [4.78, 5) is 2.42. The van der Waals surface area contributed by atoms with Gasteiger partial charge in [-0.2, -0.15) is 0 Å². The number of fused-ring (bicyclic) bond motifs is 8. The Kier molecular flexibility index (Phi) is 16.4. The molecule has 0 unspecified atom stereocenters. The molecule has 0 bridgehead atoms. The fourth-order valence-electron chi connectivity index (χ4n) is 15.2. The second-order valence-corrected chi connectivity index (χ2v) is 26.3. The van der Waals surface area contributed by atoms with E-state index in [9.17, 15) is 0 Å². The van der Waals surface area contributed by atoms with E-state index in [1.165, 1.54) is 217 Å². The zero-order valence-electron chi connectivity index (χ0n) is 52.0. The highest BCUT2D eigenvalue weighted by molar-refractivity contribution is 6.10. The summed E-state index contributed by atoms with van der Waals surface area (Å²) in [5.74, 6) is 0. The lowest BCUT2D eigenvalue weighted by atomic mass is 9.70. The van der Waals surface area contributed by atoms with Crippen LogP contribution in [0, 0.1) is 13.8 Å². The highest BCUT2D eigenvalue weighted by Gasteiger charge is 2.42. The lowest BCUT2D eigenvalue weighted by Crippen LogP contribution is -2.25. The minimum atomic E-state index is -0.00496. The minimum Gasteiger partial charge on any atom is -0.311 e. The molecule has 2 heteroatoms. The molecule has 10 aromatic carbocycles. The van der Waals surface area contributed by atoms with Crippen LogP contribution < -0.4 is 4.90 Å². The molecule has 0 saturated heterocycles. The Morgan fingerprint density at radius 1 is 0.356 bits per heavy atom. The van der Waals surface area contributed by atoms with Crippen LogP contribution in [0.15, 0.2) is 212 Å². The number of para-hydroxylation sites is 1. The third-order valence-corrected chi connectivity index (χ3v) is 20.4. The molecule has 14 rings (SSSR count). The summed E-state index contributed by atoms with van der Waals surface area (Å²) in [5.41, 5.74) is 31.6. The zero-order chi connectivity index (χ0) is 58.7. The molecule has 0 saturated carbocycles. The second kappa shape index (κ2) is 25.3. The van der Waals surface area contributed by atoms with Crippen LogP contribution in [0.5, 0.6) is 0 Å². The smallest absolute Gasteiger partial charge is 0.0541 e. The van der Waals surface area contributed by atoms with Gasteiger partial charge in [0.05, 0.1) is 11.0 Å². The molecule has 0 atom stereocenters. The van der Waals surface area contributed by atoms with E-state index in [-0.39, 0.29) is 5.41 Å². The molecule has 0 aliphatic heterocycles. The normalized spacial score (nSPS) is 13.5. The molecule has 0 radical (unpaired) electrons. The third-order valence-electron chi connectivity index (χ3n) is 20.4. The number of aromatic nitrogens is 1. The number of nitrogens with zero attached hydrogens (tertiary/aromatic N) is 2. The predicted molar refractivity (Wildman–Crippen MR) is 371 cm³/mol. The largest absolute Gasteiger partial charge is 0.311 e. The average Bonchev–Trinajstić information content (AvgIpc) is 1.62. The number of hydrogen-bond donors (Lipinski definition) is 0. The summed E-state index contributed by atoms with van der Waals surface area (Å²) in [6, 6.07) is 82.3. The third kappa shape index (κ3) is 11.7. The van der Waals surface area contributed by atoms with Crippen molar-refractivity contribution in [1.82, 2.24) is 4.57 Å². The summed E-state index contributed by atoms with van der Waals surface area (Å²) in [5, 5.41) is 2.56. The SMILES string of the molecule is CCCCCCc1ccc(-n2c3ccccc3c3cc(-c4ccc(N(c5ccc(C)cc5)c5ccc(-c6ccc7c(c6)C(CCCCCCc6ccc8c(c6)CC8)(CCCCCCc6ccc8c(c6)CC8)c6cc(C)ccc6-7)cc5)cc4)ccc32)cc1. The summed E-state index contributed by atoms with van der Waals surface area (Å²) in [6.07, 6.45) is 26.3. The number of rotatable bonds is 25. The van der Waals surface area contributed by atoms with Crippen LogP contribution in [0.3, 0.4) is 0 Å². The van der Waals surface area contributed by atoms with Gasteiger partial charge in [0.2, 0.25) is 0 Å². The second-order valence-electron chi connectivity index (χ2n) is 26.3. The molecule has 436 valence electrons. The van der Waals surface area contributed by atoms with Crippen molar-refractivity contribution in [3.63, 3.8) is 0 Å². The van der Waals surface area contributed by atoms with Gasteiger partial charge in [-0.3, -0.25) is 0 Å². The monoisotopic (exact) mass is 1130 g/mol. The Hall–Kier alpha value is -8.20. The maximum atomic E-state index is 2.62. The van der Waals surface area contributed by atoms with Crippen molar-refractivity contribution in [3.8, 4) is 39.1 Å². The summed E-state index contributed by atoms with van der Waals surface area (Å²) in [7, 11) is 0. The van der Waals surface area contributed by atoms with Gasteiger partial charge in [0.15, 0.2) is 0 Å². The highest BCUT2D eigenvalue weighted by Crippen LogP contribution is 2.55. The number of benzene rings is 10. The van der Waals surface area contributed by atoms with Crippen LogP contribution in [-0.4, -0.2) is 4.57 Å². The first-order valence-electron chi connectivity index (χ1n) is 33.5. The van der Waals surface area contributed by atoms with Crippen LogP contribution in [0.2, 0.25) is 0 Å². The average molecular weight is 1140 g/mol. The van der Waals surface area contributed by atoms with E-state index < -0.39 is 0 Å². The van der Waals surface area contributed by atoms with Gasteiger partial charge >= 0.3 is 0 Å². The topological polar surface area (TPSA) is 8.17 Å². The number of unbranched alkanes of at least 4 members (excludes halogenated alkanes) is 9. The molecular formula is C85H86N2. The van der Waals surface area contributed by atoms with Gasteiger partial charge in [0.25, 0.3) is 0 Å². The molecule has 3 aliphatic carbocycles. The molecule has 1 heterocycles. The van der Waals surface area contributed by atoms with Gasteiger partial charge in [-0.1, -0.05) is 215 Å². The van der Waals surface area contributed by atoms with Crippen LogP contribution in [-0.2, 0) is 50.4 Å². The van der Waals surface area contributed by atoms with E-state index in [4.69, 9.17) is 0 Å². The van der Waals surface area contributed by atoms with Crippen LogP contribution in [0.25, 0.3) is 60.9 Å². The van der Waals surface area contributed by atoms with Gasteiger partial charge in [0.1, 0.15) is 0 Å². The predicted octanol–water partition coefficient (Wildman–Crippen LogP) is 23.2. The first kappa shape index (κ1) is 56.6. The Morgan fingerprint density at radius 3 is 1.41 bits per heavy atom. The molecule has 0 amide bonds. The molecule has 0 spiro atoms. The van der Waals surface area contributed by atoms with Gasteiger partial charge in [0, 0.05) is 38.9 Å². The van der Waals surface area contributed by atoms with Crippen LogP contribution in [0.4, 0.5) is 17.1 Å². The Labute approximate surface area is 519 Å². The van der Waals surface area contributed by atoms with E-state index in [1.54, 1.807) is 33.4 Å². The maximum absolute atomic E-state index is 2.62. The maximum Gasteiger partial charge on any atom is 0.0541 e. The molecule has 0 fully saturated rings. The fourth-order valence-corrected chi connectivity index (χ4v) is 15.2. The molecule has 3 aliphatic rings. The van der Waals surface area contributed by atoms with Gasteiger partial charge in [-0.25, -0.2) is 0 Å². The standard InChI is InChI=1S/C85H86N2/c1-4-5-6-11-18-62-28-44-76(45-29-62)87-83-22-15-14-21-79(83)80-58-71(41-52-84(80)87)67-36-46-74(47-37-67)86(73-42-23-60(2)24-43-73)75-48-38-68(39-49-75)72-40-51-78-77-50-25-61(3)55-81(77)85(82(78)59-72,53-16-9-7-12-19-63-26-30-65-32-34-69(65)56-63)54-17-10-8-13-20-64-27-31-66-33-35-70(66)57-64/h14-15,21-31,36-52,55-59H,4-13,16-20,32-35,53-54H2,1-3H3. The first-order chi connectivity index (χ1) is 42.9. The Morgan fingerprint density at radius 2 is 0.828 bits per heavy atom. The Balaban J connectivity index is 0.727. The lowest BCUT2D eigenvalue weighted by molar-refractivity contribution is 0.399. The first-order valence-corrected chi connectivity index (χ1v) is 33.5. The fraction of sp³-hybridized carbons (Fsp3) is 0.294. The summed E-state index contributed by atoms with van der Waals surface area (Å²) < 4.78 is 2.44. The van der Waals surface area contributed by atoms with Crippen molar-refractivity contribution < 1.29 is 0 Å². The molecule has 87 heavy (non-hydrogen) atoms. The van der Waals surface area contributed by atoms with Crippen LogP contribution >= 0.6 is 0 Å². The minimum absolute atomic E-state index is 0.00496. The number of hydrogen-bond acceptors (Lipinski definition) is 1. The summed E-state index contributed by atoms with van der Waals surface area (Å²) in [6.45, 7) is 6.76. The molecule has 0 N–H and O–H groups in total. The molecular weight excluding hydrogens is 1050 g/mol. The van der Waals surface area contributed by atoms with Crippen LogP contribution in [0.1, 0.15) is 158 Å². The lowest BCUT2D eigenvalue weighted by Gasteiger charge is -2.33. The van der Waals surface area contributed by atoms with Crippen molar-refractivity contribution in [2.24, 2.45) is 0 Å². The molecule has 2 nitrogen and oxygen atoms in total. The summed E-state index contributed by atoms with van der Waals surface area (Å²) >= 11 is 0. The highest BCUT2D eigenvalue weighted by atomic mass is 15.1. The van der Waals surface area contributed by atoms with E-state index in [0.29, 0.717) is 0 Å². The molecule has 11 aromatic rings. The van der Waals surface area contributed by atoms with Gasteiger partial charge < -0.3 is 9.47 Å². The Bertz CT molecular complexity index is 4140. The quantitative estimate of drug-likeness (QED) is 0.0518. The van der Waals surface area contributed by atoms with Crippen molar-refractivity contribution >= 4 is 38.9 Å². The molecule has 1 aromatic heterocycles. The van der Waals surface area contributed by atoms with E-state index in [1.807, 2.05) is 0 Å². The van der Waals surface area contributed by atoms with Crippen molar-refractivity contribution in [2.45, 2.75) is 161 Å². The number of anilines is 3. The van der Waals surface area contributed by atoms with E-state index in [0.717, 1.165) is 23.5 Å². The zero-order valence-corrected chi connectivity index (χ0v) is 52.0. The van der Waals surface area contributed by atoms with Gasteiger partial charge in [-0.05, 0) is 247 Å². The van der Waals surface area contributed by atoms with Crippen molar-refractivity contribution in [3.05, 3.63) is 274 Å². The van der Waals surface area contributed by atoms with Gasteiger partial charge in [-0.15, -0.1) is 0 Å². The van der Waals surface area contributed by atoms with E-state index >= 15 is 0 Å². The van der Waals surface area contributed by atoms with Crippen molar-refractivity contribution in [2.75, 3.05) is 4.90 Å². The number of aryl methyl sites for hydroxylation is 9.